The monoisotopic (exact) mass is 128 g/mol. The van der Waals surface area contributed by atoms with Crippen molar-refractivity contribution < 1.29 is 4.79 Å². The van der Waals surface area contributed by atoms with Gasteiger partial charge in [-0.2, -0.15) is 0 Å². The summed E-state index contributed by atoms with van der Waals surface area (Å²) in [6, 6.07) is 0. The van der Waals surface area contributed by atoms with Gasteiger partial charge in [-0.25, -0.2) is 0 Å². The quantitative estimate of drug-likeness (QED) is 0.568. The molecule has 1 heteroatoms. The van der Waals surface area contributed by atoms with Gasteiger partial charge in [0.25, 0.3) is 0 Å². The first kappa shape index (κ1) is 8.67. The van der Waals surface area contributed by atoms with Crippen LogP contribution in [0.4, 0.5) is 0 Å². The summed E-state index contributed by atoms with van der Waals surface area (Å²) in [6.45, 7) is 6.02. The van der Waals surface area contributed by atoms with Gasteiger partial charge in [0.2, 0.25) is 0 Å². The predicted molar refractivity (Wildman–Crippen MR) is 39.4 cm³/mol. The van der Waals surface area contributed by atoms with E-state index in [0.717, 1.165) is 19.3 Å². The first-order chi connectivity index (χ1) is 4.18. The van der Waals surface area contributed by atoms with Gasteiger partial charge in [-0.15, -0.1) is 0 Å². The Labute approximate surface area is 57.5 Å². The maximum atomic E-state index is 10.9. The minimum atomic E-state index is 0.233. The molecule has 0 aromatic rings. The van der Waals surface area contributed by atoms with E-state index in [1.165, 1.54) is 0 Å². The van der Waals surface area contributed by atoms with E-state index in [2.05, 4.69) is 6.92 Å². The highest BCUT2D eigenvalue weighted by Crippen LogP contribution is 2.02. The second-order valence-corrected chi connectivity index (χ2v) is 2.72. The Bertz CT molecular complexity index is 84.6. The van der Waals surface area contributed by atoms with E-state index in [4.69, 9.17) is 0 Å². The highest BCUT2D eigenvalue weighted by Gasteiger charge is 2.04. The minimum absolute atomic E-state index is 0.233. The lowest BCUT2D eigenvalue weighted by molar-refractivity contribution is -0.121. The number of hydrogen-bond donors (Lipinski definition) is 0. The van der Waals surface area contributed by atoms with Crippen molar-refractivity contribution in [2.75, 3.05) is 0 Å². The molecule has 0 amide bonds. The van der Waals surface area contributed by atoms with Crippen LogP contribution in [0, 0.1) is 5.92 Å². The second kappa shape index (κ2) is 4.54. The Morgan fingerprint density at radius 3 is 2.33 bits per heavy atom. The van der Waals surface area contributed by atoms with Crippen molar-refractivity contribution in [2.24, 2.45) is 5.92 Å². The molecule has 0 atom stereocenters. The SMILES string of the molecule is CCCCC(=O)C(C)C. The Hall–Kier alpha value is -0.330. The van der Waals surface area contributed by atoms with Crippen LogP contribution in [0.2, 0.25) is 0 Å². The third kappa shape index (κ3) is 4.19. The highest BCUT2D eigenvalue weighted by molar-refractivity contribution is 5.80. The van der Waals surface area contributed by atoms with Crippen LogP contribution in [0.3, 0.4) is 0 Å². The average molecular weight is 128 g/mol. The van der Waals surface area contributed by atoms with E-state index in [1.54, 1.807) is 0 Å². The molecule has 0 aliphatic rings. The van der Waals surface area contributed by atoms with Gasteiger partial charge in [0.1, 0.15) is 5.78 Å². The Balaban J connectivity index is 3.28. The van der Waals surface area contributed by atoms with E-state index in [0.29, 0.717) is 5.78 Å². The van der Waals surface area contributed by atoms with Crippen molar-refractivity contribution in [3.63, 3.8) is 0 Å². The number of hydrogen-bond acceptors (Lipinski definition) is 1. The molecule has 0 rings (SSSR count). The molecular formula is C8H16O. The topological polar surface area (TPSA) is 17.1 Å². The summed E-state index contributed by atoms with van der Waals surface area (Å²) in [4.78, 5) is 10.9. The molecule has 0 radical (unpaired) electrons. The summed E-state index contributed by atoms with van der Waals surface area (Å²) in [5, 5.41) is 0. The van der Waals surface area contributed by atoms with Crippen molar-refractivity contribution >= 4 is 5.78 Å². The molecule has 0 N–H and O–H groups in total. The van der Waals surface area contributed by atoms with Crippen molar-refractivity contribution in [1.82, 2.24) is 0 Å². The van der Waals surface area contributed by atoms with Crippen molar-refractivity contribution in [2.45, 2.75) is 40.0 Å². The number of ketones is 1. The van der Waals surface area contributed by atoms with Gasteiger partial charge in [0.15, 0.2) is 0 Å². The smallest absolute Gasteiger partial charge is 0.135 e. The molecule has 0 heterocycles. The van der Waals surface area contributed by atoms with E-state index in [9.17, 15) is 4.79 Å². The zero-order chi connectivity index (χ0) is 7.28. The lowest BCUT2D eigenvalue weighted by Gasteiger charge is -2.00. The fourth-order valence-electron chi connectivity index (χ4n) is 0.640. The first-order valence-corrected chi connectivity index (χ1v) is 3.71. The van der Waals surface area contributed by atoms with Crippen LogP contribution < -0.4 is 0 Å². The molecule has 0 saturated heterocycles. The maximum absolute atomic E-state index is 10.9. The molecule has 0 spiro atoms. The van der Waals surface area contributed by atoms with Crippen LogP contribution in [0.1, 0.15) is 40.0 Å². The van der Waals surface area contributed by atoms with E-state index in [1.807, 2.05) is 13.8 Å². The van der Waals surface area contributed by atoms with Gasteiger partial charge in [-0.05, 0) is 6.42 Å². The number of carbonyl (C=O) groups excluding carboxylic acids is 1. The van der Waals surface area contributed by atoms with Gasteiger partial charge in [0.05, 0.1) is 0 Å². The Morgan fingerprint density at radius 1 is 1.44 bits per heavy atom. The van der Waals surface area contributed by atoms with Crippen LogP contribution in [-0.4, -0.2) is 5.78 Å². The summed E-state index contributed by atoms with van der Waals surface area (Å²) in [5.41, 5.74) is 0. The molecular weight excluding hydrogens is 112 g/mol. The van der Waals surface area contributed by atoms with Crippen molar-refractivity contribution in [3.05, 3.63) is 0 Å². The van der Waals surface area contributed by atoms with E-state index < -0.39 is 0 Å². The minimum Gasteiger partial charge on any atom is -0.299 e. The van der Waals surface area contributed by atoms with Crippen molar-refractivity contribution in [3.8, 4) is 0 Å². The molecule has 0 bridgehead atoms. The third-order valence-electron chi connectivity index (χ3n) is 1.42. The summed E-state index contributed by atoms with van der Waals surface area (Å²) in [6.07, 6.45) is 2.95. The van der Waals surface area contributed by atoms with Crippen LogP contribution in [0.5, 0.6) is 0 Å². The molecule has 54 valence electrons. The number of rotatable bonds is 4. The van der Waals surface area contributed by atoms with Crippen LogP contribution >= 0.6 is 0 Å². The van der Waals surface area contributed by atoms with Crippen molar-refractivity contribution in [1.29, 1.82) is 0 Å². The van der Waals surface area contributed by atoms with Crippen LogP contribution in [0.15, 0.2) is 0 Å². The number of Topliss-reactive ketones (excluding diaryl/α,β-unsaturated/α-hetero) is 1. The number of unbranched alkanes of at least 4 members (excludes halogenated alkanes) is 1. The zero-order valence-electron chi connectivity index (χ0n) is 6.61. The predicted octanol–water partition coefficient (Wildman–Crippen LogP) is 2.40. The Morgan fingerprint density at radius 2 is 2.00 bits per heavy atom. The maximum Gasteiger partial charge on any atom is 0.135 e. The molecule has 0 saturated carbocycles. The van der Waals surface area contributed by atoms with Gasteiger partial charge >= 0.3 is 0 Å². The standard InChI is InChI=1S/C8H16O/c1-4-5-6-8(9)7(2)3/h7H,4-6H2,1-3H3. The molecule has 0 aliphatic carbocycles. The van der Waals surface area contributed by atoms with Crippen LogP contribution in [-0.2, 0) is 4.79 Å². The Kier molecular flexibility index (Phi) is 4.37. The van der Waals surface area contributed by atoms with Gasteiger partial charge in [0, 0.05) is 12.3 Å². The third-order valence-corrected chi connectivity index (χ3v) is 1.42. The normalized spacial score (nSPS) is 10.2. The molecule has 0 aliphatic heterocycles. The van der Waals surface area contributed by atoms with Gasteiger partial charge < -0.3 is 0 Å². The average Bonchev–Trinajstić information content (AvgIpc) is 1.82. The fraction of sp³-hybridized carbons (Fsp3) is 0.875. The summed E-state index contributed by atoms with van der Waals surface area (Å²) in [5.74, 6) is 0.633. The first-order valence-electron chi connectivity index (χ1n) is 3.71. The summed E-state index contributed by atoms with van der Waals surface area (Å²) in [7, 11) is 0. The number of carbonyl (C=O) groups is 1. The molecule has 0 unspecified atom stereocenters. The van der Waals surface area contributed by atoms with Crippen LogP contribution in [0.25, 0.3) is 0 Å². The molecule has 9 heavy (non-hydrogen) atoms. The lowest BCUT2D eigenvalue weighted by atomic mass is 10.0. The summed E-state index contributed by atoms with van der Waals surface area (Å²) >= 11 is 0. The lowest BCUT2D eigenvalue weighted by Crippen LogP contribution is -2.05. The fourth-order valence-corrected chi connectivity index (χ4v) is 0.640. The van der Waals surface area contributed by atoms with Gasteiger partial charge in [-0.3, -0.25) is 4.79 Å². The largest absolute Gasteiger partial charge is 0.299 e. The highest BCUT2D eigenvalue weighted by atomic mass is 16.1. The second-order valence-electron chi connectivity index (χ2n) is 2.72. The summed E-state index contributed by atoms with van der Waals surface area (Å²) < 4.78 is 0. The van der Waals surface area contributed by atoms with E-state index in [-0.39, 0.29) is 5.92 Å². The molecule has 1 nitrogen and oxygen atoms in total. The molecule has 0 aromatic carbocycles. The zero-order valence-corrected chi connectivity index (χ0v) is 6.61. The molecule has 0 aromatic heterocycles. The molecule has 0 fully saturated rings. The van der Waals surface area contributed by atoms with E-state index >= 15 is 0 Å². The van der Waals surface area contributed by atoms with Gasteiger partial charge in [-0.1, -0.05) is 27.2 Å².